The molecule has 2 bridgehead atoms. The Morgan fingerprint density at radius 1 is 1.04 bits per heavy atom. The largest absolute Gasteiger partial charge is 0.356 e. The molecule has 3 aliphatic heterocycles. The molecule has 0 aromatic rings. The molecular formula is C17H30ClN3O2. The highest BCUT2D eigenvalue weighted by atomic mass is 35.5. The number of likely N-dealkylation sites (tertiary alicyclic amines) is 1. The normalized spacial score (nSPS) is 29.7. The van der Waals surface area contributed by atoms with Gasteiger partial charge in [0.15, 0.2) is 0 Å². The molecule has 2 amide bonds. The van der Waals surface area contributed by atoms with Gasteiger partial charge in [-0.1, -0.05) is 0 Å². The fourth-order valence-electron chi connectivity index (χ4n) is 4.29. The van der Waals surface area contributed by atoms with E-state index in [1.54, 1.807) is 0 Å². The van der Waals surface area contributed by atoms with E-state index in [1.165, 1.54) is 19.3 Å². The summed E-state index contributed by atoms with van der Waals surface area (Å²) in [5, 5.41) is 6.55. The van der Waals surface area contributed by atoms with Gasteiger partial charge in [0.25, 0.3) is 0 Å². The first-order valence-electron chi connectivity index (χ1n) is 9.01. The maximum absolute atomic E-state index is 12.0. The number of fused-ring (bicyclic) bond motifs is 2. The minimum atomic E-state index is 0. The van der Waals surface area contributed by atoms with Gasteiger partial charge in [-0.15, -0.1) is 12.4 Å². The number of hydrogen-bond acceptors (Lipinski definition) is 3. The smallest absolute Gasteiger partial charge is 0.224 e. The van der Waals surface area contributed by atoms with Crippen LogP contribution in [0.2, 0.25) is 0 Å². The van der Waals surface area contributed by atoms with Crippen molar-refractivity contribution in [2.24, 2.45) is 5.92 Å². The van der Waals surface area contributed by atoms with Crippen LogP contribution in [0.1, 0.15) is 57.8 Å². The summed E-state index contributed by atoms with van der Waals surface area (Å²) in [6.45, 7) is 2.28. The summed E-state index contributed by atoms with van der Waals surface area (Å²) in [6.07, 6.45) is 9.37. The second-order valence-electron chi connectivity index (χ2n) is 7.22. The molecule has 3 aliphatic rings. The van der Waals surface area contributed by atoms with Gasteiger partial charge in [0.2, 0.25) is 11.8 Å². The lowest BCUT2D eigenvalue weighted by atomic mass is 9.89. The van der Waals surface area contributed by atoms with Crippen molar-refractivity contribution in [2.75, 3.05) is 19.6 Å². The van der Waals surface area contributed by atoms with E-state index in [1.807, 2.05) is 4.90 Å². The van der Waals surface area contributed by atoms with Crippen molar-refractivity contribution in [1.29, 1.82) is 0 Å². The Morgan fingerprint density at radius 3 is 2.35 bits per heavy atom. The highest BCUT2D eigenvalue weighted by Gasteiger charge is 2.34. The monoisotopic (exact) mass is 343 g/mol. The van der Waals surface area contributed by atoms with E-state index in [4.69, 9.17) is 0 Å². The Labute approximate surface area is 145 Å². The fraction of sp³-hybridized carbons (Fsp3) is 0.882. The van der Waals surface area contributed by atoms with Crippen molar-refractivity contribution < 1.29 is 9.59 Å². The lowest BCUT2D eigenvalue weighted by Crippen LogP contribution is -2.40. The minimum absolute atomic E-state index is 0. The zero-order valence-corrected chi connectivity index (χ0v) is 14.7. The molecule has 0 radical (unpaired) electrons. The van der Waals surface area contributed by atoms with E-state index in [0.29, 0.717) is 37.4 Å². The van der Waals surface area contributed by atoms with Crippen LogP contribution >= 0.6 is 12.4 Å². The van der Waals surface area contributed by atoms with Crippen molar-refractivity contribution in [3.05, 3.63) is 0 Å². The number of carbonyl (C=O) groups is 2. The molecular weight excluding hydrogens is 314 g/mol. The molecule has 2 atom stereocenters. The maximum Gasteiger partial charge on any atom is 0.224 e. The molecule has 3 fully saturated rings. The van der Waals surface area contributed by atoms with Crippen LogP contribution in [0.25, 0.3) is 0 Å². The molecule has 3 heterocycles. The second kappa shape index (κ2) is 8.88. The zero-order valence-electron chi connectivity index (χ0n) is 13.9. The molecule has 5 nitrogen and oxygen atoms in total. The quantitative estimate of drug-likeness (QED) is 0.800. The van der Waals surface area contributed by atoms with E-state index < -0.39 is 0 Å². The van der Waals surface area contributed by atoms with E-state index in [9.17, 15) is 9.59 Å². The van der Waals surface area contributed by atoms with Crippen molar-refractivity contribution in [2.45, 2.75) is 69.9 Å². The fourth-order valence-corrected chi connectivity index (χ4v) is 4.29. The number of amides is 2. The molecule has 2 N–H and O–H groups in total. The lowest BCUT2D eigenvalue weighted by Gasteiger charge is -2.28. The van der Waals surface area contributed by atoms with Gasteiger partial charge in [0.1, 0.15) is 0 Å². The molecule has 0 aromatic heterocycles. The second-order valence-corrected chi connectivity index (χ2v) is 7.22. The number of carbonyl (C=O) groups excluding carboxylic acids is 2. The first kappa shape index (κ1) is 18.5. The van der Waals surface area contributed by atoms with E-state index in [2.05, 4.69) is 10.6 Å². The van der Waals surface area contributed by atoms with Gasteiger partial charge in [-0.25, -0.2) is 0 Å². The third-order valence-corrected chi connectivity index (χ3v) is 5.41. The Kier molecular flexibility index (Phi) is 7.15. The first-order chi connectivity index (χ1) is 10.7. The number of piperidine rings is 2. The van der Waals surface area contributed by atoms with Crippen LogP contribution in [0.15, 0.2) is 0 Å². The van der Waals surface area contributed by atoms with Crippen LogP contribution in [-0.2, 0) is 9.59 Å². The third kappa shape index (κ3) is 5.35. The molecule has 6 heteroatoms. The van der Waals surface area contributed by atoms with Crippen LogP contribution in [-0.4, -0.2) is 48.4 Å². The summed E-state index contributed by atoms with van der Waals surface area (Å²) >= 11 is 0. The Morgan fingerprint density at radius 2 is 1.70 bits per heavy atom. The minimum Gasteiger partial charge on any atom is -0.356 e. The Bertz CT molecular complexity index is 401. The van der Waals surface area contributed by atoms with Crippen molar-refractivity contribution in [1.82, 2.24) is 15.5 Å². The summed E-state index contributed by atoms with van der Waals surface area (Å²) in [6, 6.07) is 1.27. The molecule has 0 aromatic carbocycles. The van der Waals surface area contributed by atoms with Crippen molar-refractivity contribution in [3.8, 4) is 0 Å². The molecule has 2 unspecified atom stereocenters. The first-order valence-corrected chi connectivity index (χ1v) is 9.01. The summed E-state index contributed by atoms with van der Waals surface area (Å²) in [5.41, 5.74) is 0. The van der Waals surface area contributed by atoms with Gasteiger partial charge in [-0.2, -0.15) is 0 Å². The molecule has 0 aliphatic carbocycles. The average molecular weight is 344 g/mol. The van der Waals surface area contributed by atoms with Gasteiger partial charge >= 0.3 is 0 Å². The number of nitrogens with zero attached hydrogens (tertiary/aromatic N) is 1. The van der Waals surface area contributed by atoms with E-state index >= 15 is 0 Å². The van der Waals surface area contributed by atoms with Gasteiger partial charge in [-0.3, -0.25) is 9.59 Å². The number of hydrogen-bond donors (Lipinski definition) is 2. The third-order valence-electron chi connectivity index (χ3n) is 5.41. The average Bonchev–Trinajstić information content (AvgIpc) is 2.87. The van der Waals surface area contributed by atoms with E-state index in [0.717, 1.165) is 38.8 Å². The van der Waals surface area contributed by atoms with Gasteiger partial charge < -0.3 is 15.5 Å². The molecule has 0 spiro atoms. The predicted molar refractivity (Wildman–Crippen MR) is 92.6 cm³/mol. The lowest BCUT2D eigenvalue weighted by molar-refractivity contribution is -0.132. The summed E-state index contributed by atoms with van der Waals surface area (Å²) in [7, 11) is 0. The van der Waals surface area contributed by atoms with Crippen molar-refractivity contribution in [3.63, 3.8) is 0 Å². The van der Waals surface area contributed by atoms with Crippen molar-refractivity contribution >= 4 is 24.2 Å². The topological polar surface area (TPSA) is 61.4 Å². The Hall–Kier alpha value is -0.810. The highest BCUT2D eigenvalue weighted by molar-refractivity contribution is 5.85. The standard InChI is InChI=1S/C17H29N3O2.ClH/c21-16(12-13-10-14-4-5-15(11-13)19-14)18-7-6-17(22)20-8-2-1-3-9-20;/h13-15,19H,1-12H2,(H,18,21);1H. The predicted octanol–water partition coefficient (Wildman–Crippen LogP) is 1.85. The summed E-state index contributed by atoms with van der Waals surface area (Å²) < 4.78 is 0. The molecule has 3 saturated heterocycles. The van der Waals surface area contributed by atoms with Crippen LogP contribution in [0.5, 0.6) is 0 Å². The molecule has 132 valence electrons. The molecule has 23 heavy (non-hydrogen) atoms. The summed E-state index contributed by atoms with van der Waals surface area (Å²) in [5.74, 6) is 0.842. The zero-order chi connectivity index (χ0) is 15.4. The number of halogens is 1. The molecule has 3 rings (SSSR count). The number of nitrogens with one attached hydrogen (secondary N) is 2. The van der Waals surface area contributed by atoms with Gasteiger partial charge in [0.05, 0.1) is 0 Å². The van der Waals surface area contributed by atoms with Gasteiger partial charge in [-0.05, 0) is 50.9 Å². The maximum atomic E-state index is 12.0. The Balaban J connectivity index is 0.00000192. The number of rotatable bonds is 5. The summed E-state index contributed by atoms with van der Waals surface area (Å²) in [4.78, 5) is 26.0. The van der Waals surface area contributed by atoms with Crippen LogP contribution in [0.3, 0.4) is 0 Å². The van der Waals surface area contributed by atoms with E-state index in [-0.39, 0.29) is 24.2 Å². The van der Waals surface area contributed by atoms with Gasteiger partial charge in [0, 0.05) is 44.6 Å². The molecule has 0 saturated carbocycles. The highest BCUT2D eigenvalue weighted by Crippen LogP contribution is 2.32. The van der Waals surface area contributed by atoms with Crippen LogP contribution < -0.4 is 10.6 Å². The van der Waals surface area contributed by atoms with Crippen LogP contribution in [0, 0.1) is 5.92 Å². The SMILES string of the molecule is Cl.O=C(CC1CC2CCC(C1)N2)NCCC(=O)N1CCCCC1. The van der Waals surface area contributed by atoms with Crippen LogP contribution in [0.4, 0.5) is 0 Å².